The molecular weight excluding hydrogens is 961 g/mol. The van der Waals surface area contributed by atoms with Crippen LogP contribution in [0.5, 0.6) is 0 Å². The van der Waals surface area contributed by atoms with E-state index in [-0.39, 0.29) is 37.5 Å². The van der Waals surface area contributed by atoms with Crippen LogP contribution in [0.25, 0.3) is 0 Å². The standard InChI is InChI=1S/C72H126O6/c1-4-7-10-13-16-19-22-25-28-31-34-36-39-41-44-47-50-53-56-59-62-65-71(74)77-68-69(67-76-70(73)64-61-58-55-52-49-46-43-40-37-33-30-27-24-21-18-15-12-9-6-3)78-72(75)66-63-60-57-54-51-48-45-42-38-35-32-29-26-23-20-17-14-11-8-5-2/h9,12,18,21,27,30-31,34,37,40,46,49,55,58,69H,4-8,10-11,13-17,19-20,22-26,28-29,32-33,35-36,38-39,41-45,47-48,50-54,56-57,59-68H2,1-3H3/b12-9-,21-18-,30-27-,34-31-,40-37-,49-46-,58-55-. The summed E-state index contributed by atoms with van der Waals surface area (Å²) in [6.07, 6.45) is 87.5. The van der Waals surface area contributed by atoms with Gasteiger partial charge < -0.3 is 14.2 Å². The highest BCUT2D eigenvalue weighted by Crippen LogP contribution is 2.17. The fourth-order valence-electron chi connectivity index (χ4n) is 9.64. The second-order valence-electron chi connectivity index (χ2n) is 22.4. The van der Waals surface area contributed by atoms with Gasteiger partial charge in [-0.1, -0.05) is 318 Å². The lowest BCUT2D eigenvalue weighted by Gasteiger charge is -2.18. The number of carbonyl (C=O) groups is 3. The summed E-state index contributed by atoms with van der Waals surface area (Å²) >= 11 is 0. The highest BCUT2D eigenvalue weighted by molar-refractivity contribution is 5.71. The van der Waals surface area contributed by atoms with Crippen molar-refractivity contribution in [3.05, 3.63) is 85.1 Å². The van der Waals surface area contributed by atoms with Crippen LogP contribution in [0.3, 0.4) is 0 Å². The highest BCUT2D eigenvalue weighted by atomic mass is 16.6. The van der Waals surface area contributed by atoms with Crippen molar-refractivity contribution in [1.82, 2.24) is 0 Å². The lowest BCUT2D eigenvalue weighted by molar-refractivity contribution is -0.166. The number of ether oxygens (including phenoxy) is 3. The first-order valence-corrected chi connectivity index (χ1v) is 33.6. The zero-order valence-corrected chi connectivity index (χ0v) is 51.7. The Labute approximate surface area is 484 Å². The van der Waals surface area contributed by atoms with Crippen LogP contribution in [-0.2, 0) is 28.6 Å². The minimum absolute atomic E-state index is 0.0979. The molecule has 0 fully saturated rings. The lowest BCUT2D eigenvalue weighted by atomic mass is 10.0. The number of hydrogen-bond donors (Lipinski definition) is 0. The zero-order valence-electron chi connectivity index (χ0n) is 51.7. The van der Waals surface area contributed by atoms with Gasteiger partial charge in [0.05, 0.1) is 0 Å². The molecule has 78 heavy (non-hydrogen) atoms. The molecule has 0 aromatic heterocycles. The van der Waals surface area contributed by atoms with Gasteiger partial charge in [-0.25, -0.2) is 0 Å². The summed E-state index contributed by atoms with van der Waals surface area (Å²) in [5.74, 6) is -0.970. The third kappa shape index (κ3) is 63.4. The monoisotopic (exact) mass is 1090 g/mol. The van der Waals surface area contributed by atoms with E-state index in [1.807, 2.05) is 6.08 Å². The van der Waals surface area contributed by atoms with E-state index in [4.69, 9.17) is 14.2 Å². The Kier molecular flexibility index (Phi) is 63.2. The van der Waals surface area contributed by atoms with Crippen LogP contribution in [0.4, 0.5) is 0 Å². The van der Waals surface area contributed by atoms with E-state index in [1.54, 1.807) is 0 Å². The van der Waals surface area contributed by atoms with E-state index >= 15 is 0 Å². The lowest BCUT2D eigenvalue weighted by Crippen LogP contribution is -2.30. The second-order valence-corrected chi connectivity index (χ2v) is 22.4. The summed E-state index contributed by atoms with van der Waals surface area (Å²) in [7, 11) is 0. The Balaban J connectivity index is 4.44. The van der Waals surface area contributed by atoms with Gasteiger partial charge in [-0.15, -0.1) is 0 Å². The number of carbonyl (C=O) groups excluding carboxylic acids is 3. The van der Waals surface area contributed by atoms with Gasteiger partial charge >= 0.3 is 17.9 Å². The molecule has 0 amide bonds. The molecule has 0 aliphatic heterocycles. The van der Waals surface area contributed by atoms with Crippen LogP contribution in [0.1, 0.15) is 335 Å². The summed E-state index contributed by atoms with van der Waals surface area (Å²) in [6, 6.07) is 0. The number of hydrogen-bond acceptors (Lipinski definition) is 6. The topological polar surface area (TPSA) is 78.9 Å². The molecule has 6 heteroatoms. The molecule has 0 N–H and O–H groups in total. The van der Waals surface area contributed by atoms with E-state index in [1.165, 1.54) is 212 Å². The van der Waals surface area contributed by atoms with E-state index < -0.39 is 6.10 Å². The largest absolute Gasteiger partial charge is 0.462 e. The Morgan fingerprint density at radius 2 is 0.526 bits per heavy atom. The maximum absolute atomic E-state index is 12.9. The van der Waals surface area contributed by atoms with Crippen molar-refractivity contribution in [2.45, 2.75) is 341 Å². The maximum Gasteiger partial charge on any atom is 0.306 e. The van der Waals surface area contributed by atoms with Gasteiger partial charge in [0.25, 0.3) is 0 Å². The number of unbranched alkanes of at least 4 members (excludes halogenated alkanes) is 36. The van der Waals surface area contributed by atoms with Crippen molar-refractivity contribution in [3.63, 3.8) is 0 Å². The molecule has 0 aliphatic rings. The molecule has 0 heterocycles. The average molecular weight is 1090 g/mol. The van der Waals surface area contributed by atoms with Crippen LogP contribution in [0.15, 0.2) is 85.1 Å². The van der Waals surface area contributed by atoms with Crippen LogP contribution >= 0.6 is 0 Å². The highest BCUT2D eigenvalue weighted by Gasteiger charge is 2.19. The Morgan fingerprint density at radius 3 is 0.859 bits per heavy atom. The summed E-state index contributed by atoms with van der Waals surface area (Å²) in [5.41, 5.74) is 0. The smallest absolute Gasteiger partial charge is 0.306 e. The van der Waals surface area contributed by atoms with Gasteiger partial charge in [0.2, 0.25) is 0 Å². The molecule has 450 valence electrons. The molecule has 0 aromatic carbocycles. The molecule has 0 rings (SSSR count). The summed E-state index contributed by atoms with van der Waals surface area (Å²) < 4.78 is 16.9. The molecule has 0 saturated heterocycles. The van der Waals surface area contributed by atoms with E-state index in [0.29, 0.717) is 19.3 Å². The average Bonchev–Trinajstić information content (AvgIpc) is 3.44. The van der Waals surface area contributed by atoms with Crippen LogP contribution in [0, 0.1) is 0 Å². The molecule has 0 aromatic rings. The van der Waals surface area contributed by atoms with Gasteiger partial charge in [-0.05, 0) is 83.5 Å². The Morgan fingerprint density at radius 1 is 0.269 bits per heavy atom. The SMILES string of the molecule is CC/C=C\C/C=C\C/C=C\C/C=C\C/C=C\C/C=C\CCC(=O)OCC(COC(=O)CCCCCCCCCCC/C=C\CCCCCCCCCC)OC(=O)CCCCCCCCCCCCCCCCCCCCCC. The van der Waals surface area contributed by atoms with Crippen LogP contribution < -0.4 is 0 Å². The van der Waals surface area contributed by atoms with Gasteiger partial charge in [0, 0.05) is 19.3 Å². The minimum atomic E-state index is -0.808. The van der Waals surface area contributed by atoms with E-state index in [0.717, 1.165) is 77.0 Å². The van der Waals surface area contributed by atoms with Crippen LogP contribution in [-0.4, -0.2) is 37.2 Å². The minimum Gasteiger partial charge on any atom is -0.462 e. The molecule has 6 nitrogen and oxygen atoms in total. The predicted octanol–water partition coefficient (Wildman–Crippen LogP) is 23.1. The van der Waals surface area contributed by atoms with Gasteiger partial charge in [-0.3, -0.25) is 14.4 Å². The first-order valence-electron chi connectivity index (χ1n) is 33.6. The van der Waals surface area contributed by atoms with Crippen molar-refractivity contribution < 1.29 is 28.6 Å². The van der Waals surface area contributed by atoms with Crippen molar-refractivity contribution in [1.29, 1.82) is 0 Å². The van der Waals surface area contributed by atoms with Crippen LogP contribution in [0.2, 0.25) is 0 Å². The quantitative estimate of drug-likeness (QED) is 0.0261. The Bertz CT molecular complexity index is 1480. The number of rotatable bonds is 61. The fourth-order valence-corrected chi connectivity index (χ4v) is 9.64. The summed E-state index contributed by atoms with van der Waals surface area (Å²) in [6.45, 7) is 6.51. The molecule has 0 radical (unpaired) electrons. The molecule has 0 saturated carbocycles. The molecular formula is C72H126O6. The third-order valence-electron chi connectivity index (χ3n) is 14.6. The number of esters is 3. The number of allylic oxidation sites excluding steroid dienone is 14. The first-order chi connectivity index (χ1) is 38.5. The van der Waals surface area contributed by atoms with Crippen molar-refractivity contribution in [2.75, 3.05) is 13.2 Å². The van der Waals surface area contributed by atoms with Gasteiger partial charge in [0.1, 0.15) is 13.2 Å². The normalized spacial score (nSPS) is 12.6. The second kappa shape index (κ2) is 66.1. The molecule has 1 unspecified atom stereocenters. The molecule has 0 aliphatic carbocycles. The summed E-state index contributed by atoms with van der Waals surface area (Å²) in [4.78, 5) is 38.4. The first kappa shape index (κ1) is 74.6. The fraction of sp³-hybridized carbons (Fsp3) is 0.764. The summed E-state index contributed by atoms with van der Waals surface area (Å²) in [5, 5.41) is 0. The van der Waals surface area contributed by atoms with Gasteiger partial charge in [0.15, 0.2) is 6.10 Å². The maximum atomic E-state index is 12.9. The Hall–Kier alpha value is -3.41. The molecule has 0 bridgehead atoms. The zero-order chi connectivity index (χ0) is 56.4. The van der Waals surface area contributed by atoms with E-state index in [2.05, 4.69) is 99.8 Å². The van der Waals surface area contributed by atoms with Gasteiger partial charge in [-0.2, -0.15) is 0 Å². The van der Waals surface area contributed by atoms with Crippen molar-refractivity contribution >= 4 is 17.9 Å². The van der Waals surface area contributed by atoms with E-state index in [9.17, 15) is 14.4 Å². The predicted molar refractivity (Wildman–Crippen MR) is 339 cm³/mol. The van der Waals surface area contributed by atoms with Crippen molar-refractivity contribution in [3.8, 4) is 0 Å². The third-order valence-corrected chi connectivity index (χ3v) is 14.6. The molecule has 0 spiro atoms. The molecule has 1 atom stereocenters. The van der Waals surface area contributed by atoms with Crippen molar-refractivity contribution in [2.24, 2.45) is 0 Å².